The number of carbonyl (C=O) groups excluding carboxylic acids is 1. The molecule has 0 atom stereocenters. The monoisotopic (exact) mass is 395 g/mol. The molecule has 1 aliphatic carbocycles. The lowest BCUT2D eigenvalue weighted by molar-refractivity contribution is -0.138. The maximum Gasteiger partial charge on any atom is 0.416 e. The predicted molar refractivity (Wildman–Crippen MR) is 97.5 cm³/mol. The highest BCUT2D eigenvalue weighted by atomic mass is 19.4. The molecule has 0 saturated heterocycles. The fraction of sp³-hybridized carbons (Fsp3) is 0.500. The van der Waals surface area contributed by atoms with Gasteiger partial charge in [-0.15, -0.1) is 0 Å². The number of alkyl halides is 3. The first-order chi connectivity index (χ1) is 13.3. The zero-order chi connectivity index (χ0) is 20.3. The summed E-state index contributed by atoms with van der Waals surface area (Å²) in [7, 11) is 0. The largest absolute Gasteiger partial charge is 0.416 e. The van der Waals surface area contributed by atoms with Gasteiger partial charge in [0.25, 0.3) is 0 Å². The molecular formula is C20H24F3N3O2. The molecule has 28 heavy (non-hydrogen) atoms. The Morgan fingerprint density at radius 3 is 2.57 bits per heavy atom. The zero-order valence-corrected chi connectivity index (χ0v) is 16.0. The van der Waals surface area contributed by atoms with Crippen LogP contribution in [0.1, 0.15) is 54.8 Å². The summed E-state index contributed by atoms with van der Waals surface area (Å²) >= 11 is 0. The van der Waals surface area contributed by atoms with Crippen LogP contribution in [0.4, 0.5) is 18.0 Å². The summed E-state index contributed by atoms with van der Waals surface area (Å²) in [4.78, 5) is 14.3. The van der Waals surface area contributed by atoms with Crippen molar-refractivity contribution < 1.29 is 22.5 Å². The normalized spacial score (nSPS) is 14.2. The number of amides is 2. The number of nitrogens with zero attached hydrogens (tertiary/aromatic N) is 2. The van der Waals surface area contributed by atoms with Gasteiger partial charge in [-0.25, -0.2) is 4.79 Å². The molecular weight excluding hydrogens is 371 g/mol. The Labute approximate surface area is 161 Å². The van der Waals surface area contributed by atoms with E-state index in [4.69, 9.17) is 4.52 Å². The minimum atomic E-state index is -4.45. The third-order valence-electron chi connectivity index (χ3n) is 4.94. The summed E-state index contributed by atoms with van der Waals surface area (Å²) in [5.74, 6) is 0.720. The van der Waals surface area contributed by atoms with Crippen LogP contribution >= 0.6 is 0 Å². The number of nitrogens with one attached hydrogen (secondary N) is 1. The van der Waals surface area contributed by atoms with Gasteiger partial charge in [-0.05, 0) is 30.9 Å². The molecule has 1 heterocycles. The maximum atomic E-state index is 13.3. The van der Waals surface area contributed by atoms with E-state index in [1.54, 1.807) is 6.07 Å². The lowest BCUT2D eigenvalue weighted by atomic mass is 10.1. The number of halogens is 3. The lowest BCUT2D eigenvalue weighted by Gasteiger charge is -2.24. The van der Waals surface area contributed by atoms with Crippen molar-refractivity contribution in [3.8, 4) is 0 Å². The number of urea groups is 1. The molecule has 1 aromatic heterocycles. The van der Waals surface area contributed by atoms with E-state index in [1.807, 2.05) is 13.8 Å². The lowest BCUT2D eigenvalue weighted by Crippen LogP contribution is -2.41. The quantitative estimate of drug-likeness (QED) is 0.740. The van der Waals surface area contributed by atoms with E-state index >= 15 is 0 Å². The van der Waals surface area contributed by atoms with Gasteiger partial charge in [-0.1, -0.05) is 37.2 Å². The van der Waals surface area contributed by atoms with Gasteiger partial charge in [0.2, 0.25) is 0 Å². The van der Waals surface area contributed by atoms with Crippen LogP contribution in [0.15, 0.2) is 28.8 Å². The highest BCUT2D eigenvalue weighted by molar-refractivity contribution is 5.75. The van der Waals surface area contributed by atoms with Gasteiger partial charge in [-0.3, -0.25) is 0 Å². The molecule has 2 aromatic rings. The number of aromatic nitrogens is 1. The molecule has 152 valence electrons. The second-order valence-electron chi connectivity index (χ2n) is 6.91. The minimum Gasteiger partial charge on any atom is -0.361 e. The second-order valence-corrected chi connectivity index (χ2v) is 6.91. The molecule has 8 heteroatoms. The summed E-state index contributed by atoms with van der Waals surface area (Å²) in [6, 6.07) is 5.00. The van der Waals surface area contributed by atoms with Crippen LogP contribution < -0.4 is 5.32 Å². The Bertz CT molecular complexity index is 807. The van der Waals surface area contributed by atoms with Crippen molar-refractivity contribution in [1.82, 2.24) is 15.4 Å². The summed E-state index contributed by atoms with van der Waals surface area (Å²) < 4.78 is 45.1. The molecule has 1 aliphatic rings. The maximum absolute atomic E-state index is 13.3. The van der Waals surface area contributed by atoms with E-state index < -0.39 is 11.7 Å². The third kappa shape index (κ3) is 4.48. The van der Waals surface area contributed by atoms with Crippen LogP contribution in [-0.2, 0) is 32.1 Å². The molecule has 1 fully saturated rings. The molecule has 0 unspecified atom stereocenters. The molecule has 0 aliphatic heterocycles. The molecule has 1 saturated carbocycles. The summed E-state index contributed by atoms with van der Waals surface area (Å²) in [5, 5.41) is 6.86. The summed E-state index contributed by atoms with van der Waals surface area (Å²) in [6.45, 7) is 4.07. The van der Waals surface area contributed by atoms with E-state index in [0.29, 0.717) is 12.8 Å². The average Bonchev–Trinajstić information content (AvgIpc) is 3.43. The van der Waals surface area contributed by atoms with Crippen molar-refractivity contribution in [3.63, 3.8) is 0 Å². The van der Waals surface area contributed by atoms with Crippen molar-refractivity contribution >= 4 is 6.03 Å². The van der Waals surface area contributed by atoms with E-state index in [0.717, 1.165) is 35.9 Å². The Kier molecular flexibility index (Phi) is 5.96. The van der Waals surface area contributed by atoms with E-state index in [2.05, 4.69) is 10.5 Å². The zero-order valence-electron chi connectivity index (χ0n) is 16.0. The summed E-state index contributed by atoms with van der Waals surface area (Å²) in [5.41, 5.74) is 1.04. The van der Waals surface area contributed by atoms with Crippen LogP contribution in [-0.4, -0.2) is 22.1 Å². The smallest absolute Gasteiger partial charge is 0.361 e. The number of rotatable bonds is 7. The Balaban J connectivity index is 1.74. The van der Waals surface area contributed by atoms with Gasteiger partial charge in [0.05, 0.1) is 11.3 Å². The first kappa shape index (κ1) is 20.2. The predicted octanol–water partition coefficient (Wildman–Crippen LogP) is 4.69. The standard InChI is InChI=1S/C20H24F3N3O2/c1-3-17-15(18(4-2)28-25-17)11-24-19(27)26(14-9-10-14)12-13-7-5-6-8-16(13)20(21,22)23/h5-8,14H,3-4,9-12H2,1-2H3,(H,24,27). The SMILES string of the molecule is CCc1noc(CC)c1CNC(=O)N(Cc1ccccc1C(F)(F)F)C1CC1. The first-order valence-corrected chi connectivity index (χ1v) is 9.51. The molecule has 1 N–H and O–H groups in total. The van der Waals surface area contributed by atoms with E-state index in [1.165, 1.54) is 17.0 Å². The topological polar surface area (TPSA) is 58.4 Å². The molecule has 2 amide bonds. The fourth-order valence-electron chi connectivity index (χ4n) is 3.27. The average molecular weight is 395 g/mol. The Morgan fingerprint density at radius 2 is 1.96 bits per heavy atom. The first-order valence-electron chi connectivity index (χ1n) is 9.51. The van der Waals surface area contributed by atoms with Gasteiger partial charge < -0.3 is 14.7 Å². The fourth-order valence-corrected chi connectivity index (χ4v) is 3.27. The highest BCUT2D eigenvalue weighted by Crippen LogP contribution is 2.34. The highest BCUT2D eigenvalue weighted by Gasteiger charge is 2.37. The number of hydrogen-bond acceptors (Lipinski definition) is 3. The van der Waals surface area contributed by atoms with Crippen LogP contribution in [0.3, 0.4) is 0 Å². The second kappa shape index (κ2) is 8.24. The third-order valence-corrected chi connectivity index (χ3v) is 4.94. The minimum absolute atomic E-state index is 0.0277. The van der Waals surface area contributed by atoms with Crippen LogP contribution in [0.5, 0.6) is 0 Å². The van der Waals surface area contributed by atoms with Crippen LogP contribution in [0, 0.1) is 0 Å². The molecule has 5 nitrogen and oxygen atoms in total. The van der Waals surface area contributed by atoms with E-state index in [9.17, 15) is 18.0 Å². The molecule has 0 spiro atoms. The van der Waals surface area contributed by atoms with Gasteiger partial charge in [0.15, 0.2) is 0 Å². The summed E-state index contributed by atoms with van der Waals surface area (Å²) in [6.07, 6.45) is -1.51. The van der Waals surface area contributed by atoms with Gasteiger partial charge in [0, 0.05) is 31.1 Å². The number of benzene rings is 1. The van der Waals surface area contributed by atoms with Crippen molar-refractivity contribution in [2.24, 2.45) is 0 Å². The number of carbonyl (C=O) groups is 1. The van der Waals surface area contributed by atoms with E-state index in [-0.39, 0.29) is 30.7 Å². The number of aryl methyl sites for hydroxylation is 2. The number of hydrogen-bond donors (Lipinski definition) is 1. The Morgan fingerprint density at radius 1 is 1.25 bits per heavy atom. The van der Waals surface area contributed by atoms with Crippen LogP contribution in [0.25, 0.3) is 0 Å². The van der Waals surface area contributed by atoms with Gasteiger partial charge in [0.1, 0.15) is 5.76 Å². The van der Waals surface area contributed by atoms with Crippen LogP contribution in [0.2, 0.25) is 0 Å². The van der Waals surface area contributed by atoms with Gasteiger partial charge >= 0.3 is 12.2 Å². The Hall–Kier alpha value is -2.51. The van der Waals surface area contributed by atoms with Crippen molar-refractivity contribution in [2.45, 2.75) is 64.8 Å². The molecule has 0 bridgehead atoms. The molecule has 3 rings (SSSR count). The molecule has 1 aromatic carbocycles. The van der Waals surface area contributed by atoms with Crippen molar-refractivity contribution in [2.75, 3.05) is 0 Å². The van der Waals surface area contributed by atoms with Crippen molar-refractivity contribution in [1.29, 1.82) is 0 Å². The molecule has 0 radical (unpaired) electrons. The van der Waals surface area contributed by atoms with Gasteiger partial charge in [-0.2, -0.15) is 13.2 Å². The van der Waals surface area contributed by atoms with Crippen molar-refractivity contribution in [3.05, 3.63) is 52.4 Å².